The summed E-state index contributed by atoms with van der Waals surface area (Å²) in [5.41, 5.74) is 2.14. The van der Waals surface area contributed by atoms with Crippen LogP contribution in [0.2, 0.25) is 0 Å². The first-order valence-electron chi connectivity index (χ1n) is 13.5. The molecule has 0 bridgehead atoms. The van der Waals surface area contributed by atoms with Crippen LogP contribution in [0.5, 0.6) is 0 Å². The molecule has 0 aromatic carbocycles. The topological polar surface area (TPSA) is 62.6 Å². The molecule has 0 radical (unpaired) electrons. The summed E-state index contributed by atoms with van der Waals surface area (Å²) in [6.07, 6.45) is 14.4. The Morgan fingerprint density at radius 1 is 1.24 bits per heavy atom. The molecule has 34 heavy (non-hydrogen) atoms. The van der Waals surface area contributed by atoms with Gasteiger partial charge in [-0.2, -0.15) is 5.10 Å². The fourth-order valence-electron chi connectivity index (χ4n) is 7.93. The molecule has 1 aromatic heterocycles. The van der Waals surface area contributed by atoms with Crippen molar-refractivity contribution in [2.45, 2.75) is 97.5 Å². The van der Waals surface area contributed by atoms with Crippen molar-refractivity contribution in [1.82, 2.24) is 9.78 Å². The van der Waals surface area contributed by atoms with E-state index in [0.29, 0.717) is 36.0 Å². The van der Waals surface area contributed by atoms with Crippen molar-refractivity contribution < 1.29 is 19.0 Å². The number of fused-ring (bicyclic) bond motifs is 3. The largest absolute Gasteiger partial charge is 0.462 e. The summed E-state index contributed by atoms with van der Waals surface area (Å²) in [5.74, 6) is 1.28. The highest BCUT2D eigenvalue weighted by atomic mass is 16.7. The predicted molar refractivity (Wildman–Crippen MR) is 130 cm³/mol. The Hall–Kier alpha value is -1.66. The molecular formula is C28H42N2O4. The molecule has 6 atom stereocenters. The number of esters is 1. The third-order valence-electron chi connectivity index (χ3n) is 9.75. The molecule has 2 heterocycles. The summed E-state index contributed by atoms with van der Waals surface area (Å²) in [7, 11) is 0. The quantitative estimate of drug-likeness (QED) is 0.390. The Bertz CT molecular complexity index is 906. The standard InChI is InChI=1S/C28H42N2O4/c1-5-32-25(31)21-16-29-30(17-21)15-13-22-19(2)10-11-23-27(22,3)14-12-24-28(23,4)18-33-26(34-24)20-8-6-7-9-20/h16-17,20,22-24,26H,2,5-15,18H2,1,3-4H3/t22-,23?,24-,26-,27+,28+/m1/s1. The summed E-state index contributed by atoms with van der Waals surface area (Å²) in [5, 5.41) is 4.43. The number of allylic oxidation sites excluding steroid dienone is 1. The first kappa shape index (κ1) is 24.1. The second-order valence-corrected chi connectivity index (χ2v) is 11.7. The molecule has 188 valence electrons. The van der Waals surface area contributed by atoms with Crippen LogP contribution in [-0.2, 0) is 20.8 Å². The smallest absolute Gasteiger partial charge is 0.341 e. The van der Waals surface area contributed by atoms with Crippen molar-refractivity contribution in [2.24, 2.45) is 28.6 Å². The number of hydrogen-bond donors (Lipinski definition) is 0. The summed E-state index contributed by atoms with van der Waals surface area (Å²) >= 11 is 0. The SMILES string of the molecule is C=C1CCC2[C@]3(C)CO[C@@H](C4CCCC4)O[C@@H]3CC[C@@]2(C)[C@@H]1CCn1cc(C(=O)OCC)cn1. The number of aromatic nitrogens is 2. The maximum Gasteiger partial charge on any atom is 0.341 e. The van der Waals surface area contributed by atoms with E-state index in [0.717, 1.165) is 32.4 Å². The van der Waals surface area contributed by atoms with E-state index in [1.54, 1.807) is 6.20 Å². The van der Waals surface area contributed by atoms with E-state index in [-0.39, 0.29) is 23.1 Å². The molecule has 0 N–H and O–H groups in total. The number of rotatable bonds is 6. The number of nitrogens with zero attached hydrogens (tertiary/aromatic N) is 2. The van der Waals surface area contributed by atoms with Gasteiger partial charge in [-0.05, 0) is 69.1 Å². The van der Waals surface area contributed by atoms with Crippen molar-refractivity contribution >= 4 is 5.97 Å². The third kappa shape index (κ3) is 4.15. The predicted octanol–water partition coefficient (Wildman–Crippen LogP) is 5.77. The molecule has 1 unspecified atom stereocenters. The van der Waals surface area contributed by atoms with Crippen molar-refractivity contribution in [3.63, 3.8) is 0 Å². The molecule has 6 heteroatoms. The van der Waals surface area contributed by atoms with Crippen LogP contribution in [0, 0.1) is 28.6 Å². The normalized spacial score (nSPS) is 38.4. The number of carbonyl (C=O) groups is 1. The van der Waals surface area contributed by atoms with Crippen molar-refractivity contribution in [3.8, 4) is 0 Å². The van der Waals surface area contributed by atoms with Gasteiger partial charge in [0.25, 0.3) is 0 Å². The first-order chi connectivity index (χ1) is 16.3. The zero-order chi connectivity index (χ0) is 23.9. The van der Waals surface area contributed by atoms with Crippen LogP contribution in [0.15, 0.2) is 24.5 Å². The molecule has 3 aliphatic carbocycles. The van der Waals surface area contributed by atoms with Gasteiger partial charge in [0, 0.05) is 24.1 Å². The summed E-state index contributed by atoms with van der Waals surface area (Å²) in [6.45, 7) is 13.2. The minimum Gasteiger partial charge on any atom is -0.462 e. The Kier molecular flexibility index (Phi) is 6.66. The van der Waals surface area contributed by atoms with Gasteiger partial charge in [-0.25, -0.2) is 4.79 Å². The lowest BCUT2D eigenvalue weighted by atomic mass is 9.46. The Morgan fingerprint density at radius 2 is 2.03 bits per heavy atom. The highest BCUT2D eigenvalue weighted by Crippen LogP contribution is 2.63. The van der Waals surface area contributed by atoms with Crippen LogP contribution in [-0.4, -0.2) is 41.4 Å². The zero-order valence-corrected chi connectivity index (χ0v) is 21.3. The fraction of sp³-hybridized carbons (Fsp3) is 0.786. The van der Waals surface area contributed by atoms with Gasteiger partial charge >= 0.3 is 5.97 Å². The molecule has 4 aliphatic rings. The number of ether oxygens (including phenoxy) is 3. The minimum atomic E-state index is -0.303. The molecule has 0 amide bonds. The van der Waals surface area contributed by atoms with E-state index < -0.39 is 0 Å². The van der Waals surface area contributed by atoms with E-state index in [1.165, 1.54) is 44.1 Å². The van der Waals surface area contributed by atoms with Crippen molar-refractivity contribution in [2.75, 3.05) is 13.2 Å². The van der Waals surface area contributed by atoms with E-state index in [4.69, 9.17) is 14.2 Å². The van der Waals surface area contributed by atoms with Crippen molar-refractivity contribution in [1.29, 1.82) is 0 Å². The van der Waals surface area contributed by atoms with Crippen molar-refractivity contribution in [3.05, 3.63) is 30.1 Å². The molecule has 3 saturated carbocycles. The summed E-state index contributed by atoms with van der Waals surface area (Å²) < 4.78 is 20.2. The minimum absolute atomic E-state index is 0.00712. The molecule has 1 aromatic rings. The Balaban J connectivity index is 1.28. The summed E-state index contributed by atoms with van der Waals surface area (Å²) in [4.78, 5) is 12.0. The van der Waals surface area contributed by atoms with E-state index in [9.17, 15) is 4.79 Å². The average Bonchev–Trinajstić information content (AvgIpc) is 3.51. The first-order valence-corrected chi connectivity index (χ1v) is 13.5. The lowest BCUT2D eigenvalue weighted by Crippen LogP contribution is -2.62. The lowest BCUT2D eigenvalue weighted by molar-refractivity contribution is -0.316. The highest BCUT2D eigenvalue weighted by Gasteiger charge is 2.60. The van der Waals surface area contributed by atoms with Crippen LogP contribution < -0.4 is 0 Å². The van der Waals surface area contributed by atoms with E-state index in [1.807, 2.05) is 17.8 Å². The van der Waals surface area contributed by atoms with Crippen LogP contribution in [0.25, 0.3) is 0 Å². The molecular weight excluding hydrogens is 428 g/mol. The number of hydrogen-bond acceptors (Lipinski definition) is 5. The molecule has 0 spiro atoms. The Morgan fingerprint density at radius 3 is 2.79 bits per heavy atom. The second-order valence-electron chi connectivity index (χ2n) is 11.7. The van der Waals surface area contributed by atoms with Gasteiger partial charge in [-0.15, -0.1) is 0 Å². The maximum atomic E-state index is 12.0. The highest BCUT2D eigenvalue weighted by molar-refractivity contribution is 5.88. The molecule has 1 aliphatic heterocycles. The van der Waals surface area contributed by atoms with E-state index >= 15 is 0 Å². The average molecular weight is 471 g/mol. The number of carbonyl (C=O) groups excluding carboxylic acids is 1. The zero-order valence-electron chi connectivity index (χ0n) is 21.3. The van der Waals surface area contributed by atoms with Gasteiger partial charge in [0.2, 0.25) is 0 Å². The van der Waals surface area contributed by atoms with Gasteiger partial charge in [-0.3, -0.25) is 4.68 Å². The lowest BCUT2D eigenvalue weighted by Gasteiger charge is -2.63. The fourth-order valence-corrected chi connectivity index (χ4v) is 7.93. The molecule has 1 saturated heterocycles. The number of aryl methyl sites for hydroxylation is 1. The van der Waals surface area contributed by atoms with Crippen LogP contribution >= 0.6 is 0 Å². The van der Waals surface area contributed by atoms with E-state index in [2.05, 4.69) is 25.5 Å². The van der Waals surface area contributed by atoms with Crippen LogP contribution in [0.1, 0.15) is 88.9 Å². The van der Waals surface area contributed by atoms with Crippen LogP contribution in [0.3, 0.4) is 0 Å². The Labute approximate surface area is 204 Å². The molecule has 4 fully saturated rings. The monoisotopic (exact) mass is 470 g/mol. The van der Waals surface area contributed by atoms with Gasteiger partial charge in [0.05, 0.1) is 31.1 Å². The van der Waals surface area contributed by atoms with Gasteiger partial charge in [-0.1, -0.05) is 38.8 Å². The maximum absolute atomic E-state index is 12.0. The summed E-state index contributed by atoms with van der Waals surface area (Å²) in [6, 6.07) is 0. The van der Waals surface area contributed by atoms with Gasteiger partial charge in [0.1, 0.15) is 0 Å². The molecule has 6 nitrogen and oxygen atoms in total. The van der Waals surface area contributed by atoms with Gasteiger partial charge in [0.15, 0.2) is 6.29 Å². The van der Waals surface area contributed by atoms with Gasteiger partial charge < -0.3 is 14.2 Å². The molecule has 5 rings (SSSR count). The third-order valence-corrected chi connectivity index (χ3v) is 9.75. The van der Waals surface area contributed by atoms with Crippen LogP contribution in [0.4, 0.5) is 0 Å². The second kappa shape index (κ2) is 9.42.